The summed E-state index contributed by atoms with van der Waals surface area (Å²) in [5.74, 6) is -0.827. The largest absolute Gasteiger partial charge is 0.457 e. The third-order valence-corrected chi connectivity index (χ3v) is 6.34. The van der Waals surface area contributed by atoms with Gasteiger partial charge in [-0.05, 0) is 32.1 Å². The highest BCUT2D eigenvalue weighted by Gasteiger charge is 2.72. The predicted octanol–water partition coefficient (Wildman–Crippen LogP) is 2.02. The lowest BCUT2D eigenvalue weighted by Crippen LogP contribution is -2.60. The van der Waals surface area contributed by atoms with E-state index in [9.17, 15) is 14.7 Å². The van der Waals surface area contributed by atoms with Crippen LogP contribution in [0, 0.1) is 17.3 Å². The molecule has 2 saturated carbocycles. The van der Waals surface area contributed by atoms with Crippen LogP contribution in [0.4, 0.5) is 0 Å². The van der Waals surface area contributed by atoms with Gasteiger partial charge < -0.3 is 14.6 Å². The van der Waals surface area contributed by atoms with Crippen LogP contribution in [0.1, 0.15) is 46.5 Å². The molecule has 23 heavy (non-hydrogen) atoms. The molecular weight excluding hydrogens is 296 g/mol. The fourth-order valence-corrected chi connectivity index (χ4v) is 4.86. The zero-order valence-corrected chi connectivity index (χ0v) is 14.1. The van der Waals surface area contributed by atoms with Crippen molar-refractivity contribution in [3.05, 3.63) is 12.2 Å². The Morgan fingerprint density at radius 2 is 2.09 bits per heavy atom. The Labute approximate surface area is 137 Å². The summed E-state index contributed by atoms with van der Waals surface area (Å²) in [5.41, 5.74) is -2.02. The van der Waals surface area contributed by atoms with Crippen LogP contribution in [-0.2, 0) is 19.1 Å². The summed E-state index contributed by atoms with van der Waals surface area (Å²) in [6, 6.07) is 0. The average molecular weight is 322 g/mol. The van der Waals surface area contributed by atoms with E-state index < -0.39 is 29.2 Å². The lowest BCUT2D eigenvalue weighted by Gasteiger charge is -2.46. The summed E-state index contributed by atoms with van der Waals surface area (Å²) in [6.45, 7) is 10.1. The van der Waals surface area contributed by atoms with Gasteiger partial charge in [-0.15, -0.1) is 0 Å². The Balaban J connectivity index is 2.07. The van der Waals surface area contributed by atoms with Gasteiger partial charge in [0.2, 0.25) is 0 Å². The molecule has 0 amide bonds. The quantitative estimate of drug-likeness (QED) is 0.636. The summed E-state index contributed by atoms with van der Waals surface area (Å²) >= 11 is 0. The molecule has 1 N–H and O–H groups in total. The number of aliphatic hydroxyl groups is 1. The van der Waals surface area contributed by atoms with Gasteiger partial charge in [-0.3, -0.25) is 4.79 Å². The van der Waals surface area contributed by atoms with Crippen molar-refractivity contribution in [3.63, 3.8) is 0 Å². The zero-order chi connectivity index (χ0) is 17.0. The van der Waals surface area contributed by atoms with Crippen molar-refractivity contribution in [3.8, 4) is 0 Å². The maximum atomic E-state index is 12.9. The first-order valence-electron chi connectivity index (χ1n) is 8.55. The standard InChI is InChI=1S/C18H26O5/c1-5-8-22-14-9-13(19)17(4)15-12(11(3)16(20)23-15)7-6-10(2)18(14,17)21/h10,12,14-15,21H,3,5-9H2,1-2,4H3/t10-,12-,14+,15+,17-,18-/m0/s1. The Hall–Kier alpha value is -1.20. The summed E-state index contributed by atoms with van der Waals surface area (Å²) < 4.78 is 11.4. The van der Waals surface area contributed by atoms with Crippen LogP contribution in [0.3, 0.4) is 0 Å². The van der Waals surface area contributed by atoms with E-state index in [1.165, 1.54) is 0 Å². The molecule has 6 atom stereocenters. The van der Waals surface area contributed by atoms with Crippen molar-refractivity contribution in [2.24, 2.45) is 17.3 Å². The smallest absolute Gasteiger partial charge is 0.334 e. The molecule has 3 fully saturated rings. The molecular formula is C18H26O5. The lowest BCUT2D eigenvalue weighted by atomic mass is 9.64. The summed E-state index contributed by atoms with van der Waals surface area (Å²) in [4.78, 5) is 24.9. The molecule has 5 nitrogen and oxygen atoms in total. The number of esters is 1. The van der Waals surface area contributed by atoms with Crippen molar-refractivity contribution in [1.82, 2.24) is 0 Å². The number of carbonyl (C=O) groups excluding carboxylic acids is 2. The van der Waals surface area contributed by atoms with Crippen LogP contribution in [-0.4, -0.2) is 41.3 Å². The molecule has 5 heteroatoms. The van der Waals surface area contributed by atoms with E-state index >= 15 is 0 Å². The number of fused-ring (bicyclic) bond motifs is 3. The molecule has 1 heterocycles. The third kappa shape index (κ3) is 1.99. The molecule has 0 bridgehead atoms. The fourth-order valence-electron chi connectivity index (χ4n) is 4.86. The van der Waals surface area contributed by atoms with Crippen LogP contribution in [0.25, 0.3) is 0 Å². The van der Waals surface area contributed by atoms with Gasteiger partial charge >= 0.3 is 5.97 Å². The van der Waals surface area contributed by atoms with Gasteiger partial charge in [-0.25, -0.2) is 4.79 Å². The highest BCUT2D eigenvalue weighted by Crippen LogP contribution is 2.59. The van der Waals surface area contributed by atoms with Gasteiger partial charge in [0.15, 0.2) is 0 Å². The van der Waals surface area contributed by atoms with Gasteiger partial charge in [-0.2, -0.15) is 0 Å². The zero-order valence-electron chi connectivity index (χ0n) is 14.1. The van der Waals surface area contributed by atoms with Crippen molar-refractivity contribution in [2.75, 3.05) is 6.61 Å². The Kier molecular flexibility index (Phi) is 3.92. The minimum absolute atomic E-state index is 0.0765. The molecule has 0 spiro atoms. The highest BCUT2D eigenvalue weighted by molar-refractivity contribution is 5.95. The van der Waals surface area contributed by atoms with Gasteiger partial charge in [0.1, 0.15) is 17.5 Å². The summed E-state index contributed by atoms with van der Waals surface area (Å²) in [6.07, 6.45) is 1.22. The molecule has 2 aliphatic carbocycles. The Morgan fingerprint density at radius 1 is 1.39 bits per heavy atom. The second-order valence-corrected chi connectivity index (χ2v) is 7.45. The lowest BCUT2D eigenvalue weighted by molar-refractivity contribution is -0.197. The number of hydrogen-bond donors (Lipinski definition) is 1. The number of Topliss-reactive ketones (excluding diaryl/α,β-unsaturated/α-hetero) is 1. The number of ether oxygens (including phenoxy) is 2. The van der Waals surface area contributed by atoms with Crippen LogP contribution >= 0.6 is 0 Å². The van der Waals surface area contributed by atoms with Crippen molar-refractivity contribution < 1.29 is 24.2 Å². The first-order valence-corrected chi connectivity index (χ1v) is 8.55. The number of rotatable bonds is 3. The maximum absolute atomic E-state index is 12.9. The van der Waals surface area contributed by atoms with Crippen LogP contribution in [0.15, 0.2) is 12.2 Å². The molecule has 0 aromatic rings. The van der Waals surface area contributed by atoms with E-state index in [0.29, 0.717) is 25.0 Å². The van der Waals surface area contributed by atoms with E-state index in [1.807, 2.05) is 13.8 Å². The van der Waals surface area contributed by atoms with E-state index in [2.05, 4.69) is 6.58 Å². The second-order valence-electron chi connectivity index (χ2n) is 7.45. The molecule has 3 rings (SSSR count). The van der Waals surface area contributed by atoms with Gasteiger partial charge in [0, 0.05) is 24.5 Å². The van der Waals surface area contributed by atoms with Crippen LogP contribution in [0.5, 0.6) is 0 Å². The minimum Gasteiger partial charge on any atom is -0.457 e. The summed E-state index contributed by atoms with van der Waals surface area (Å²) in [7, 11) is 0. The van der Waals surface area contributed by atoms with Gasteiger partial charge in [-0.1, -0.05) is 20.4 Å². The van der Waals surface area contributed by atoms with Crippen molar-refractivity contribution in [2.45, 2.75) is 64.3 Å². The number of ketones is 1. The van der Waals surface area contributed by atoms with Crippen LogP contribution < -0.4 is 0 Å². The molecule has 128 valence electrons. The number of hydrogen-bond acceptors (Lipinski definition) is 5. The first-order chi connectivity index (χ1) is 10.8. The third-order valence-electron chi connectivity index (χ3n) is 6.34. The topological polar surface area (TPSA) is 72.8 Å². The van der Waals surface area contributed by atoms with Crippen molar-refractivity contribution in [1.29, 1.82) is 0 Å². The number of carbonyl (C=O) groups is 2. The predicted molar refractivity (Wildman–Crippen MR) is 83.6 cm³/mol. The second kappa shape index (κ2) is 5.42. The maximum Gasteiger partial charge on any atom is 0.334 e. The highest BCUT2D eigenvalue weighted by atomic mass is 16.6. The van der Waals surface area contributed by atoms with E-state index in [4.69, 9.17) is 9.47 Å². The summed E-state index contributed by atoms with van der Waals surface area (Å²) in [5, 5.41) is 11.6. The first kappa shape index (κ1) is 16.7. The van der Waals surface area contributed by atoms with Crippen LogP contribution in [0.2, 0.25) is 0 Å². The van der Waals surface area contributed by atoms with E-state index in [0.717, 1.165) is 6.42 Å². The molecule has 0 aromatic heterocycles. The molecule has 0 unspecified atom stereocenters. The molecule has 0 radical (unpaired) electrons. The van der Waals surface area contributed by atoms with Crippen molar-refractivity contribution >= 4 is 11.8 Å². The van der Waals surface area contributed by atoms with Gasteiger partial charge in [0.25, 0.3) is 0 Å². The normalized spacial score (nSPS) is 46.3. The SMILES string of the molecule is C=C1C(=O)O[C@@H]2[C@H]1CC[C@H](C)[C@]1(O)[C@H](OCCC)CC(=O)[C@@]21C. The average Bonchev–Trinajstić information content (AvgIpc) is 2.88. The van der Waals surface area contributed by atoms with Gasteiger partial charge in [0.05, 0.1) is 11.5 Å². The molecule has 1 saturated heterocycles. The van der Waals surface area contributed by atoms with E-state index in [-0.39, 0.29) is 24.0 Å². The Bertz CT molecular complexity index is 556. The van der Waals surface area contributed by atoms with E-state index in [1.54, 1.807) is 6.92 Å². The monoisotopic (exact) mass is 322 g/mol. The molecule has 0 aromatic carbocycles. The molecule has 3 aliphatic rings. The minimum atomic E-state index is -1.32. The Morgan fingerprint density at radius 3 is 2.74 bits per heavy atom. The molecule has 1 aliphatic heterocycles. The fraction of sp³-hybridized carbons (Fsp3) is 0.778.